The van der Waals surface area contributed by atoms with Crippen LogP contribution in [0.25, 0.3) is 22.4 Å². The lowest BCUT2D eigenvalue weighted by Crippen LogP contribution is -2.62. The molecule has 0 spiro atoms. The van der Waals surface area contributed by atoms with E-state index in [9.17, 15) is 20.1 Å². The number of aryl methyl sites for hydroxylation is 1. The van der Waals surface area contributed by atoms with E-state index < -0.39 is 11.7 Å². The number of benzene rings is 1. The maximum atomic E-state index is 13.0. The van der Waals surface area contributed by atoms with Gasteiger partial charge in [0.15, 0.2) is 0 Å². The fourth-order valence-corrected chi connectivity index (χ4v) is 11.2. The molecule has 4 saturated carbocycles. The number of fused-ring (bicyclic) bond motifs is 6. The molecule has 0 saturated heterocycles. The summed E-state index contributed by atoms with van der Waals surface area (Å²) in [7, 11) is 0. The molecule has 4 unspecified atom stereocenters. The predicted octanol–water partition coefficient (Wildman–Crippen LogP) is 6.22. The Balaban J connectivity index is 1.04. The maximum Gasteiger partial charge on any atom is 0.349 e. The van der Waals surface area contributed by atoms with Crippen LogP contribution in [-0.4, -0.2) is 56.9 Å². The maximum absolute atomic E-state index is 13.0. The number of anilines is 1. The van der Waals surface area contributed by atoms with Crippen molar-refractivity contribution in [1.29, 1.82) is 0 Å². The molecule has 9 heteroatoms. The van der Waals surface area contributed by atoms with Gasteiger partial charge in [0, 0.05) is 36.7 Å². The van der Waals surface area contributed by atoms with Crippen molar-refractivity contribution in [1.82, 2.24) is 10.2 Å². The van der Waals surface area contributed by atoms with E-state index in [1.54, 1.807) is 6.07 Å². The molecule has 0 amide bonds. The Labute approximate surface area is 277 Å². The molecule has 0 bridgehead atoms. The molecule has 256 valence electrons. The van der Waals surface area contributed by atoms with E-state index in [0.717, 1.165) is 75.5 Å². The van der Waals surface area contributed by atoms with Crippen molar-refractivity contribution < 1.29 is 24.2 Å². The fraction of sp³-hybridized carbons (Fsp3) is 0.711. The van der Waals surface area contributed by atoms with Crippen LogP contribution in [0.2, 0.25) is 0 Å². The Kier molecular flexibility index (Phi) is 8.57. The first-order valence-corrected chi connectivity index (χ1v) is 18.2. The number of hydrogen-bond acceptors (Lipinski definition) is 9. The summed E-state index contributed by atoms with van der Waals surface area (Å²) in [4.78, 5) is 15.2. The van der Waals surface area contributed by atoms with Crippen LogP contribution >= 0.6 is 0 Å². The van der Waals surface area contributed by atoms with E-state index in [2.05, 4.69) is 49.7 Å². The Hall–Kier alpha value is -2.75. The monoisotopic (exact) mass is 647 g/mol. The average Bonchev–Trinajstić information content (AvgIpc) is 3.66. The van der Waals surface area contributed by atoms with Crippen LogP contribution in [0.3, 0.4) is 0 Å². The standard InChI is InChI=1S/C38H53N3O6/c1-6-41(7-2)24-10-9-22-16-26(36(45)46-31(22)19-24)35-40-39-33(47-35)13-8-21(3)27-11-12-28-34-29(20-32(44)38(27,28)5)37(4)15-14-25(42)17-23(37)18-30(34)43/h9-10,16,19,21,23,25,27-30,32,34,42-44H,6-8,11-15,17-18,20H2,1-5H3/t21-,23?,25-,27-,28?,29?,30-,32+,34?,37+,38-/m1/s1. The first-order valence-electron chi connectivity index (χ1n) is 18.2. The molecule has 47 heavy (non-hydrogen) atoms. The van der Waals surface area contributed by atoms with Gasteiger partial charge in [-0.1, -0.05) is 20.8 Å². The van der Waals surface area contributed by atoms with Gasteiger partial charge in [0.1, 0.15) is 11.1 Å². The summed E-state index contributed by atoms with van der Waals surface area (Å²) in [6.07, 6.45) is 6.52. The van der Waals surface area contributed by atoms with Gasteiger partial charge in [0.2, 0.25) is 5.89 Å². The highest BCUT2D eigenvalue weighted by Gasteiger charge is 2.65. The zero-order valence-corrected chi connectivity index (χ0v) is 28.7. The van der Waals surface area contributed by atoms with Crippen LogP contribution in [0.1, 0.15) is 91.9 Å². The number of aromatic nitrogens is 2. The molecule has 1 aromatic carbocycles. The zero-order valence-electron chi connectivity index (χ0n) is 28.7. The van der Waals surface area contributed by atoms with Gasteiger partial charge in [-0.3, -0.25) is 0 Å². The van der Waals surface area contributed by atoms with Crippen molar-refractivity contribution in [3.8, 4) is 11.5 Å². The van der Waals surface area contributed by atoms with E-state index >= 15 is 0 Å². The highest BCUT2D eigenvalue weighted by Crippen LogP contribution is 2.68. The van der Waals surface area contributed by atoms with Crippen molar-refractivity contribution in [3.05, 3.63) is 40.6 Å². The van der Waals surface area contributed by atoms with Crippen molar-refractivity contribution in [2.75, 3.05) is 18.0 Å². The molecule has 0 radical (unpaired) electrons. The van der Waals surface area contributed by atoms with Crippen LogP contribution in [0.4, 0.5) is 5.69 Å². The van der Waals surface area contributed by atoms with Gasteiger partial charge in [-0.25, -0.2) is 4.79 Å². The van der Waals surface area contributed by atoms with E-state index in [4.69, 9.17) is 8.83 Å². The van der Waals surface area contributed by atoms with Gasteiger partial charge in [0.05, 0.1) is 18.3 Å². The molecule has 4 aliphatic carbocycles. The van der Waals surface area contributed by atoms with Crippen LogP contribution in [0.5, 0.6) is 0 Å². The zero-order chi connectivity index (χ0) is 33.2. The molecule has 0 aliphatic heterocycles. The van der Waals surface area contributed by atoms with Crippen LogP contribution in [0, 0.1) is 46.3 Å². The van der Waals surface area contributed by atoms with E-state index in [1.807, 2.05) is 18.2 Å². The van der Waals surface area contributed by atoms with E-state index in [-0.39, 0.29) is 46.3 Å². The lowest BCUT2D eigenvalue weighted by molar-refractivity contribution is -0.207. The summed E-state index contributed by atoms with van der Waals surface area (Å²) in [5.41, 5.74) is 1.12. The van der Waals surface area contributed by atoms with Gasteiger partial charge in [-0.2, -0.15) is 0 Å². The SMILES string of the molecule is CCN(CC)c1ccc2cc(-c3nnc(CC[C@@H](C)[C@H]4CCC5C6C(C[C@H](O)[C@@]54C)[C@@]4(C)CC[C@@H](O)CC4C[C@H]6O)o3)c(=O)oc2c1. The predicted molar refractivity (Wildman–Crippen MR) is 181 cm³/mol. The molecule has 2 heterocycles. The second-order valence-corrected chi connectivity index (χ2v) is 15.9. The van der Waals surface area contributed by atoms with E-state index in [0.29, 0.717) is 41.6 Å². The quantitative estimate of drug-likeness (QED) is 0.244. The van der Waals surface area contributed by atoms with Crippen molar-refractivity contribution in [2.45, 2.75) is 111 Å². The smallest absolute Gasteiger partial charge is 0.349 e. The van der Waals surface area contributed by atoms with Gasteiger partial charge in [0.25, 0.3) is 5.89 Å². The molecule has 3 aromatic rings. The van der Waals surface area contributed by atoms with Crippen LogP contribution < -0.4 is 10.5 Å². The molecule has 11 atom stereocenters. The number of aliphatic hydroxyl groups excluding tert-OH is 3. The molecular formula is C38H53N3O6. The minimum Gasteiger partial charge on any atom is -0.422 e. The second kappa shape index (κ2) is 12.3. The van der Waals surface area contributed by atoms with Crippen molar-refractivity contribution in [3.63, 3.8) is 0 Å². The molecule has 3 N–H and O–H groups in total. The number of rotatable bonds is 8. The Morgan fingerprint density at radius 2 is 1.77 bits per heavy atom. The Bertz CT molecular complexity index is 1650. The first kappa shape index (κ1) is 32.8. The number of nitrogens with zero attached hydrogens (tertiary/aromatic N) is 3. The summed E-state index contributed by atoms with van der Waals surface area (Å²) in [6.45, 7) is 12.9. The molecule has 4 aliphatic rings. The third-order valence-electron chi connectivity index (χ3n) is 13.9. The van der Waals surface area contributed by atoms with Gasteiger partial charge in [-0.05, 0) is 130 Å². The minimum absolute atomic E-state index is 0.0708. The third-order valence-corrected chi connectivity index (χ3v) is 13.9. The normalized spacial score (nSPS) is 37.3. The third kappa shape index (κ3) is 5.35. The number of hydrogen-bond donors (Lipinski definition) is 3. The highest BCUT2D eigenvalue weighted by molar-refractivity contribution is 5.83. The Morgan fingerprint density at radius 3 is 2.53 bits per heavy atom. The summed E-state index contributed by atoms with van der Waals surface area (Å²) in [5.74, 6) is 2.40. The second-order valence-electron chi connectivity index (χ2n) is 15.9. The summed E-state index contributed by atoms with van der Waals surface area (Å²) < 4.78 is 11.7. The average molecular weight is 648 g/mol. The summed E-state index contributed by atoms with van der Waals surface area (Å²) in [5, 5.41) is 43.2. The first-order chi connectivity index (χ1) is 22.5. The molecular weight excluding hydrogens is 594 g/mol. The fourth-order valence-electron chi connectivity index (χ4n) is 11.2. The molecule has 2 aromatic heterocycles. The van der Waals surface area contributed by atoms with Crippen LogP contribution in [0.15, 0.2) is 37.9 Å². The largest absolute Gasteiger partial charge is 0.422 e. The van der Waals surface area contributed by atoms with Crippen molar-refractivity contribution >= 4 is 16.7 Å². The summed E-state index contributed by atoms with van der Waals surface area (Å²) in [6, 6.07) is 7.65. The molecule has 4 fully saturated rings. The summed E-state index contributed by atoms with van der Waals surface area (Å²) >= 11 is 0. The van der Waals surface area contributed by atoms with E-state index in [1.165, 1.54) is 0 Å². The number of aliphatic hydroxyl groups is 3. The Morgan fingerprint density at radius 1 is 0.979 bits per heavy atom. The van der Waals surface area contributed by atoms with Gasteiger partial charge >= 0.3 is 5.63 Å². The molecule has 7 rings (SSSR count). The molecule has 9 nitrogen and oxygen atoms in total. The topological polar surface area (TPSA) is 133 Å². The lowest BCUT2D eigenvalue weighted by atomic mass is 9.43. The highest BCUT2D eigenvalue weighted by atomic mass is 16.4. The minimum atomic E-state index is -0.498. The van der Waals surface area contributed by atoms with Crippen LogP contribution in [-0.2, 0) is 6.42 Å². The lowest BCUT2D eigenvalue weighted by Gasteiger charge is -2.63. The van der Waals surface area contributed by atoms with Gasteiger partial charge < -0.3 is 29.1 Å². The van der Waals surface area contributed by atoms with Gasteiger partial charge in [-0.15, -0.1) is 10.2 Å². The van der Waals surface area contributed by atoms with Crippen molar-refractivity contribution in [2.24, 2.45) is 46.3 Å².